The van der Waals surface area contributed by atoms with Gasteiger partial charge in [0.05, 0.1) is 12.7 Å². The van der Waals surface area contributed by atoms with Crippen LogP contribution in [0.1, 0.15) is 29.6 Å². The van der Waals surface area contributed by atoms with Crippen molar-refractivity contribution in [2.75, 3.05) is 37.0 Å². The van der Waals surface area contributed by atoms with Gasteiger partial charge in [-0.3, -0.25) is 4.79 Å². The van der Waals surface area contributed by atoms with Crippen molar-refractivity contribution < 1.29 is 19.1 Å². The molecular formula is C21H23BrN2O4. The second kappa shape index (κ2) is 9.59. The van der Waals surface area contributed by atoms with Gasteiger partial charge in [-0.25, -0.2) is 4.79 Å². The number of rotatable bonds is 6. The van der Waals surface area contributed by atoms with Gasteiger partial charge in [0.1, 0.15) is 5.75 Å². The fourth-order valence-corrected chi connectivity index (χ4v) is 3.51. The minimum absolute atomic E-state index is 0.304. The van der Waals surface area contributed by atoms with Crippen molar-refractivity contribution in [3.05, 3.63) is 52.5 Å². The number of anilines is 2. The zero-order valence-corrected chi connectivity index (χ0v) is 17.3. The summed E-state index contributed by atoms with van der Waals surface area (Å²) in [6.07, 6.45) is 3.72. The molecule has 0 unspecified atom stereocenters. The van der Waals surface area contributed by atoms with Crippen LogP contribution in [0.15, 0.2) is 46.9 Å². The average molecular weight is 447 g/mol. The van der Waals surface area contributed by atoms with Crippen molar-refractivity contribution in [2.45, 2.75) is 19.3 Å². The van der Waals surface area contributed by atoms with Crippen LogP contribution in [0.2, 0.25) is 0 Å². The zero-order chi connectivity index (χ0) is 19.9. The summed E-state index contributed by atoms with van der Waals surface area (Å²) in [5, 5.41) is 2.74. The number of piperidine rings is 1. The van der Waals surface area contributed by atoms with E-state index in [1.807, 2.05) is 24.3 Å². The number of halogens is 1. The van der Waals surface area contributed by atoms with Crippen LogP contribution in [-0.2, 0) is 9.53 Å². The summed E-state index contributed by atoms with van der Waals surface area (Å²) in [5.41, 5.74) is 2.13. The van der Waals surface area contributed by atoms with E-state index in [2.05, 4.69) is 26.1 Å². The van der Waals surface area contributed by atoms with E-state index < -0.39 is 11.9 Å². The summed E-state index contributed by atoms with van der Waals surface area (Å²) in [6.45, 7) is 1.78. The molecule has 0 radical (unpaired) electrons. The molecule has 0 bridgehead atoms. The lowest BCUT2D eigenvalue weighted by molar-refractivity contribution is -0.119. The number of nitrogens with zero attached hydrogens (tertiary/aromatic N) is 1. The van der Waals surface area contributed by atoms with Crippen LogP contribution in [0, 0.1) is 0 Å². The molecule has 1 amide bonds. The number of esters is 1. The Morgan fingerprint density at radius 2 is 1.79 bits per heavy atom. The van der Waals surface area contributed by atoms with Gasteiger partial charge in [0.25, 0.3) is 5.91 Å². The number of amides is 1. The molecule has 1 saturated heterocycles. The van der Waals surface area contributed by atoms with Gasteiger partial charge in [0, 0.05) is 28.9 Å². The Balaban J connectivity index is 1.52. The smallest absolute Gasteiger partial charge is 0.339 e. The Kier molecular flexibility index (Phi) is 6.92. The molecule has 1 N–H and O–H groups in total. The van der Waals surface area contributed by atoms with Crippen LogP contribution in [0.5, 0.6) is 5.75 Å². The number of carbonyl (C=O) groups excluding carboxylic acids is 2. The first-order valence-electron chi connectivity index (χ1n) is 9.22. The van der Waals surface area contributed by atoms with Gasteiger partial charge in [-0.15, -0.1) is 0 Å². The maximum atomic E-state index is 12.2. The molecule has 6 nitrogen and oxygen atoms in total. The third kappa shape index (κ3) is 5.25. The van der Waals surface area contributed by atoms with Crippen molar-refractivity contribution >= 4 is 39.2 Å². The molecular weight excluding hydrogens is 424 g/mol. The molecule has 2 aromatic rings. The molecule has 1 aliphatic rings. The molecule has 0 spiro atoms. The van der Waals surface area contributed by atoms with Crippen LogP contribution in [-0.4, -0.2) is 38.7 Å². The van der Waals surface area contributed by atoms with Crippen molar-refractivity contribution in [1.82, 2.24) is 0 Å². The van der Waals surface area contributed by atoms with Crippen molar-refractivity contribution in [1.29, 1.82) is 0 Å². The van der Waals surface area contributed by atoms with E-state index in [0.717, 1.165) is 18.8 Å². The predicted molar refractivity (Wildman–Crippen MR) is 112 cm³/mol. The fraction of sp³-hybridized carbons (Fsp3) is 0.333. The second-order valence-electron chi connectivity index (χ2n) is 6.56. The van der Waals surface area contributed by atoms with Gasteiger partial charge in [-0.2, -0.15) is 0 Å². The highest BCUT2D eigenvalue weighted by atomic mass is 79.9. The topological polar surface area (TPSA) is 67.9 Å². The number of benzene rings is 2. The van der Waals surface area contributed by atoms with E-state index in [-0.39, 0.29) is 6.61 Å². The summed E-state index contributed by atoms with van der Waals surface area (Å²) in [6, 6.07) is 12.7. The van der Waals surface area contributed by atoms with Gasteiger partial charge < -0.3 is 19.7 Å². The molecule has 0 aromatic heterocycles. The van der Waals surface area contributed by atoms with Crippen LogP contribution in [0.4, 0.5) is 11.4 Å². The summed E-state index contributed by atoms with van der Waals surface area (Å²) in [7, 11) is 1.52. The Morgan fingerprint density at radius 3 is 2.46 bits per heavy atom. The summed E-state index contributed by atoms with van der Waals surface area (Å²) < 4.78 is 10.8. The van der Waals surface area contributed by atoms with E-state index >= 15 is 0 Å². The molecule has 1 heterocycles. The standard InChI is InChI=1S/C21H23BrN2O4/c1-27-17-9-10-19(22)18(13-17)21(26)28-14-20(25)23-15-5-7-16(8-6-15)24-11-3-2-4-12-24/h5-10,13H,2-4,11-12,14H2,1H3,(H,23,25). The summed E-state index contributed by atoms with van der Waals surface area (Å²) in [4.78, 5) is 26.7. The number of carbonyl (C=O) groups is 2. The van der Waals surface area contributed by atoms with E-state index in [0.29, 0.717) is 21.5 Å². The van der Waals surface area contributed by atoms with Gasteiger partial charge >= 0.3 is 5.97 Å². The first-order valence-corrected chi connectivity index (χ1v) is 10.0. The third-order valence-electron chi connectivity index (χ3n) is 4.60. The number of methoxy groups -OCH3 is 1. The molecule has 7 heteroatoms. The molecule has 0 atom stereocenters. The normalized spacial score (nSPS) is 13.7. The van der Waals surface area contributed by atoms with Crippen LogP contribution in [0.25, 0.3) is 0 Å². The van der Waals surface area contributed by atoms with Crippen molar-refractivity contribution in [3.8, 4) is 5.75 Å². The highest BCUT2D eigenvalue weighted by molar-refractivity contribution is 9.10. The van der Waals surface area contributed by atoms with E-state index in [9.17, 15) is 9.59 Å². The third-order valence-corrected chi connectivity index (χ3v) is 5.29. The Morgan fingerprint density at radius 1 is 1.07 bits per heavy atom. The fourth-order valence-electron chi connectivity index (χ4n) is 3.10. The second-order valence-corrected chi connectivity index (χ2v) is 7.42. The monoisotopic (exact) mass is 446 g/mol. The van der Waals surface area contributed by atoms with Gasteiger partial charge in [-0.1, -0.05) is 0 Å². The predicted octanol–water partition coefficient (Wildman–Crippen LogP) is 4.24. The maximum Gasteiger partial charge on any atom is 0.339 e. The highest BCUT2D eigenvalue weighted by Gasteiger charge is 2.15. The van der Waals surface area contributed by atoms with Crippen molar-refractivity contribution in [2.24, 2.45) is 0 Å². The number of hydrogen-bond acceptors (Lipinski definition) is 5. The summed E-state index contributed by atoms with van der Waals surface area (Å²) >= 11 is 3.30. The van der Waals surface area contributed by atoms with Gasteiger partial charge in [-0.05, 0) is 77.7 Å². The quantitative estimate of drug-likeness (QED) is 0.671. The molecule has 3 rings (SSSR count). The van der Waals surface area contributed by atoms with Crippen LogP contribution < -0.4 is 15.0 Å². The Bertz CT molecular complexity index is 833. The van der Waals surface area contributed by atoms with E-state index in [4.69, 9.17) is 9.47 Å². The SMILES string of the molecule is COc1ccc(Br)c(C(=O)OCC(=O)Nc2ccc(N3CCCCC3)cc2)c1. The lowest BCUT2D eigenvalue weighted by Crippen LogP contribution is -2.29. The molecule has 0 aliphatic carbocycles. The lowest BCUT2D eigenvalue weighted by Gasteiger charge is -2.28. The largest absolute Gasteiger partial charge is 0.497 e. The molecule has 2 aromatic carbocycles. The minimum Gasteiger partial charge on any atom is -0.497 e. The van der Waals surface area contributed by atoms with Crippen LogP contribution >= 0.6 is 15.9 Å². The lowest BCUT2D eigenvalue weighted by atomic mass is 10.1. The van der Waals surface area contributed by atoms with E-state index in [1.165, 1.54) is 26.4 Å². The first kappa shape index (κ1) is 20.2. The summed E-state index contributed by atoms with van der Waals surface area (Å²) in [5.74, 6) is -0.451. The molecule has 0 saturated carbocycles. The Labute approximate surface area is 172 Å². The van der Waals surface area contributed by atoms with Crippen molar-refractivity contribution in [3.63, 3.8) is 0 Å². The average Bonchev–Trinajstić information content (AvgIpc) is 2.73. The number of hydrogen-bond donors (Lipinski definition) is 1. The Hall–Kier alpha value is -2.54. The highest BCUT2D eigenvalue weighted by Crippen LogP contribution is 2.24. The molecule has 28 heavy (non-hydrogen) atoms. The van der Waals surface area contributed by atoms with Gasteiger partial charge in [0.15, 0.2) is 6.61 Å². The van der Waals surface area contributed by atoms with E-state index in [1.54, 1.807) is 18.2 Å². The zero-order valence-electron chi connectivity index (χ0n) is 15.7. The van der Waals surface area contributed by atoms with Crippen LogP contribution in [0.3, 0.4) is 0 Å². The minimum atomic E-state index is -0.596. The molecule has 148 valence electrons. The first-order chi connectivity index (χ1) is 13.6. The van der Waals surface area contributed by atoms with Gasteiger partial charge in [0.2, 0.25) is 0 Å². The number of ether oxygens (including phenoxy) is 2. The molecule has 1 aliphatic heterocycles. The maximum absolute atomic E-state index is 12.2. The molecule has 1 fully saturated rings. The number of nitrogens with one attached hydrogen (secondary N) is 1.